The van der Waals surface area contributed by atoms with Crippen molar-refractivity contribution in [1.29, 1.82) is 10.5 Å². The Kier molecular flexibility index (Phi) is 4.32. The summed E-state index contributed by atoms with van der Waals surface area (Å²) in [4.78, 5) is 12.3. The molecule has 0 saturated carbocycles. The van der Waals surface area contributed by atoms with Crippen LogP contribution in [0.5, 0.6) is 11.5 Å². The Hall–Kier alpha value is -3.83. The van der Waals surface area contributed by atoms with Gasteiger partial charge in [-0.05, 0) is 36.4 Å². The van der Waals surface area contributed by atoms with Gasteiger partial charge in [0.1, 0.15) is 29.2 Å². The van der Waals surface area contributed by atoms with Crippen molar-refractivity contribution in [2.75, 3.05) is 7.11 Å². The van der Waals surface area contributed by atoms with Crippen LogP contribution in [0.1, 0.15) is 11.1 Å². The van der Waals surface area contributed by atoms with Gasteiger partial charge in [0.2, 0.25) is 5.43 Å². The summed E-state index contributed by atoms with van der Waals surface area (Å²) >= 11 is 0. The molecule has 0 bridgehead atoms. The lowest BCUT2D eigenvalue weighted by atomic mass is 9.97. The third kappa shape index (κ3) is 2.99. The molecule has 2 aromatic carbocycles. The zero-order valence-corrected chi connectivity index (χ0v) is 13.3. The minimum Gasteiger partial charge on any atom is -0.497 e. The highest BCUT2D eigenvalue weighted by Gasteiger charge is 2.22. The Balaban J connectivity index is 2.25. The fourth-order valence-corrected chi connectivity index (χ4v) is 2.49. The van der Waals surface area contributed by atoms with Crippen molar-refractivity contribution < 1.29 is 9.47 Å². The lowest BCUT2D eigenvalue weighted by molar-refractivity contribution is 0.414. The number of methoxy groups -OCH3 is 1. The number of hydrogen-bond donors (Lipinski definition) is 0. The SMILES string of the molecule is COc1ccc(C2=CC(=C(C#N)C#N)c3ccccc(=O)c3O2)cc1. The first-order chi connectivity index (χ1) is 12.2. The molecule has 3 rings (SSSR count). The second-order valence-corrected chi connectivity index (χ2v) is 5.18. The Bertz CT molecular complexity index is 1020. The van der Waals surface area contributed by atoms with E-state index in [9.17, 15) is 15.3 Å². The van der Waals surface area contributed by atoms with Gasteiger partial charge in [0.15, 0.2) is 5.75 Å². The lowest BCUT2D eigenvalue weighted by Gasteiger charge is -2.18. The van der Waals surface area contributed by atoms with Gasteiger partial charge in [0.05, 0.1) is 7.11 Å². The zero-order chi connectivity index (χ0) is 17.8. The van der Waals surface area contributed by atoms with E-state index in [2.05, 4.69) is 0 Å². The molecule has 0 fully saturated rings. The quantitative estimate of drug-likeness (QED) is 0.790. The van der Waals surface area contributed by atoms with E-state index in [1.807, 2.05) is 12.1 Å². The predicted molar refractivity (Wildman–Crippen MR) is 92.5 cm³/mol. The maximum atomic E-state index is 12.3. The van der Waals surface area contributed by atoms with E-state index in [-0.39, 0.29) is 16.8 Å². The molecule has 0 atom stereocenters. The predicted octanol–water partition coefficient (Wildman–Crippen LogP) is 3.29. The molecule has 0 N–H and O–H groups in total. The van der Waals surface area contributed by atoms with E-state index < -0.39 is 0 Å². The molecule has 120 valence electrons. The van der Waals surface area contributed by atoms with Crippen LogP contribution in [0.4, 0.5) is 0 Å². The van der Waals surface area contributed by atoms with Crippen molar-refractivity contribution in [2.24, 2.45) is 0 Å². The summed E-state index contributed by atoms with van der Waals surface area (Å²) in [6, 6.07) is 17.1. The minimum atomic E-state index is -0.327. The molecule has 1 heterocycles. The Morgan fingerprint density at radius 1 is 1.04 bits per heavy atom. The molecule has 25 heavy (non-hydrogen) atoms. The Morgan fingerprint density at radius 2 is 1.72 bits per heavy atom. The fourth-order valence-electron chi connectivity index (χ4n) is 2.49. The second kappa shape index (κ2) is 6.74. The lowest BCUT2D eigenvalue weighted by Crippen LogP contribution is -2.11. The second-order valence-electron chi connectivity index (χ2n) is 5.18. The molecule has 0 spiro atoms. The number of fused-ring (bicyclic) bond motifs is 1. The van der Waals surface area contributed by atoms with Crippen molar-refractivity contribution >= 4 is 11.3 Å². The number of allylic oxidation sites excluding steroid dienone is 3. The molecule has 0 aliphatic carbocycles. The Morgan fingerprint density at radius 3 is 2.36 bits per heavy atom. The zero-order valence-electron chi connectivity index (χ0n) is 13.3. The fraction of sp³-hybridized carbons (Fsp3) is 0.0500. The van der Waals surface area contributed by atoms with Crippen molar-refractivity contribution in [3.63, 3.8) is 0 Å². The van der Waals surface area contributed by atoms with E-state index in [4.69, 9.17) is 9.47 Å². The molecule has 2 aromatic rings. The number of ether oxygens (including phenoxy) is 2. The van der Waals surface area contributed by atoms with Crippen LogP contribution in [0.2, 0.25) is 0 Å². The van der Waals surface area contributed by atoms with Gasteiger partial charge in [-0.2, -0.15) is 10.5 Å². The summed E-state index contributed by atoms with van der Waals surface area (Å²) in [5.41, 5.74) is 1.08. The first kappa shape index (κ1) is 16.0. The van der Waals surface area contributed by atoms with Crippen LogP contribution in [0.25, 0.3) is 11.3 Å². The van der Waals surface area contributed by atoms with Crippen LogP contribution in [-0.4, -0.2) is 7.11 Å². The van der Waals surface area contributed by atoms with E-state index in [0.717, 1.165) is 0 Å². The molecule has 0 amide bonds. The molecule has 0 saturated heterocycles. The molecule has 0 radical (unpaired) electrons. The molecule has 0 aromatic heterocycles. The highest BCUT2D eigenvalue weighted by atomic mass is 16.5. The minimum absolute atomic E-state index is 0.0823. The third-order valence-electron chi connectivity index (χ3n) is 3.74. The maximum absolute atomic E-state index is 12.3. The molecule has 5 heteroatoms. The number of nitrogens with zero attached hydrogens (tertiary/aromatic N) is 2. The molecular weight excluding hydrogens is 316 g/mol. The average molecular weight is 328 g/mol. The first-order valence-electron chi connectivity index (χ1n) is 7.40. The van der Waals surface area contributed by atoms with Crippen LogP contribution in [0.15, 0.2) is 65.0 Å². The standard InChI is InChI=1S/C20H12N2O3/c1-24-15-8-6-13(7-9-15)19-10-17(14(11-21)12-22)16-4-2-3-5-18(23)20(16)25-19/h2-10H,1H3. The van der Waals surface area contributed by atoms with Crippen LogP contribution < -0.4 is 14.9 Å². The number of rotatable bonds is 2. The van der Waals surface area contributed by atoms with E-state index in [0.29, 0.717) is 28.2 Å². The van der Waals surface area contributed by atoms with Gasteiger partial charge in [-0.3, -0.25) is 4.79 Å². The van der Waals surface area contributed by atoms with Crippen molar-refractivity contribution in [3.8, 4) is 23.6 Å². The average Bonchev–Trinajstić information content (AvgIpc) is 2.84. The van der Waals surface area contributed by atoms with Gasteiger partial charge >= 0.3 is 0 Å². The molecular formula is C20H12N2O3. The maximum Gasteiger partial charge on any atom is 0.221 e. The van der Waals surface area contributed by atoms with Crippen LogP contribution in [0, 0.1) is 22.7 Å². The number of hydrogen-bond acceptors (Lipinski definition) is 5. The van der Waals surface area contributed by atoms with Gasteiger partial charge in [-0.1, -0.05) is 18.2 Å². The normalized spacial score (nSPS) is 12.0. The highest BCUT2D eigenvalue weighted by molar-refractivity contribution is 5.92. The van der Waals surface area contributed by atoms with Gasteiger partial charge in [-0.25, -0.2) is 0 Å². The largest absolute Gasteiger partial charge is 0.497 e. The summed E-state index contributed by atoms with van der Waals surface area (Å²) in [6.07, 6.45) is 1.60. The van der Waals surface area contributed by atoms with E-state index in [1.54, 1.807) is 55.7 Å². The van der Waals surface area contributed by atoms with Gasteiger partial charge in [0, 0.05) is 16.7 Å². The molecule has 5 nitrogen and oxygen atoms in total. The summed E-state index contributed by atoms with van der Waals surface area (Å²) in [5.74, 6) is 1.16. The molecule has 0 unspecified atom stereocenters. The van der Waals surface area contributed by atoms with Crippen LogP contribution in [0.3, 0.4) is 0 Å². The summed E-state index contributed by atoms with van der Waals surface area (Å²) in [7, 11) is 1.57. The summed E-state index contributed by atoms with van der Waals surface area (Å²) < 4.78 is 10.9. The summed E-state index contributed by atoms with van der Waals surface area (Å²) in [5, 5.41) is 18.5. The smallest absolute Gasteiger partial charge is 0.221 e. The van der Waals surface area contributed by atoms with E-state index >= 15 is 0 Å². The van der Waals surface area contributed by atoms with Crippen molar-refractivity contribution in [1.82, 2.24) is 0 Å². The first-order valence-corrected chi connectivity index (χ1v) is 7.40. The van der Waals surface area contributed by atoms with Crippen LogP contribution >= 0.6 is 0 Å². The van der Waals surface area contributed by atoms with Gasteiger partial charge in [-0.15, -0.1) is 0 Å². The monoisotopic (exact) mass is 328 g/mol. The number of benzene rings is 1. The van der Waals surface area contributed by atoms with Gasteiger partial charge in [0.25, 0.3) is 0 Å². The topological polar surface area (TPSA) is 83.1 Å². The van der Waals surface area contributed by atoms with Crippen LogP contribution in [-0.2, 0) is 0 Å². The van der Waals surface area contributed by atoms with E-state index in [1.165, 1.54) is 6.07 Å². The van der Waals surface area contributed by atoms with Crippen molar-refractivity contribution in [2.45, 2.75) is 0 Å². The third-order valence-corrected chi connectivity index (χ3v) is 3.74. The highest BCUT2D eigenvalue weighted by Crippen LogP contribution is 2.36. The number of nitriles is 2. The van der Waals surface area contributed by atoms with Gasteiger partial charge < -0.3 is 9.47 Å². The summed E-state index contributed by atoms with van der Waals surface area (Å²) in [6.45, 7) is 0. The molecule has 1 aliphatic heterocycles. The Labute approximate surface area is 144 Å². The van der Waals surface area contributed by atoms with Crippen molar-refractivity contribution in [3.05, 3.63) is 81.5 Å². The molecule has 1 aliphatic rings.